The van der Waals surface area contributed by atoms with Crippen LogP contribution >= 0.6 is 0 Å². The number of carbonyl (C=O) groups is 1. The summed E-state index contributed by atoms with van der Waals surface area (Å²) < 4.78 is 1.65. The zero-order valence-electron chi connectivity index (χ0n) is 11.3. The van der Waals surface area contributed by atoms with Gasteiger partial charge >= 0.3 is 0 Å². The van der Waals surface area contributed by atoms with Crippen molar-refractivity contribution in [2.75, 3.05) is 5.32 Å². The van der Waals surface area contributed by atoms with Gasteiger partial charge in [-0.3, -0.25) is 4.79 Å². The van der Waals surface area contributed by atoms with E-state index in [2.05, 4.69) is 15.4 Å². The van der Waals surface area contributed by atoms with E-state index in [-0.39, 0.29) is 11.8 Å². The maximum Gasteiger partial charge on any atom is 0.223 e. The van der Waals surface area contributed by atoms with E-state index in [1.165, 1.54) is 13.3 Å². The molecule has 6 nitrogen and oxygen atoms in total. The summed E-state index contributed by atoms with van der Waals surface area (Å²) in [5.74, 6) is -0.280. The number of ketones is 1. The van der Waals surface area contributed by atoms with E-state index in [1.807, 2.05) is 30.3 Å². The highest BCUT2D eigenvalue weighted by molar-refractivity contribution is 5.81. The molecule has 0 spiro atoms. The summed E-state index contributed by atoms with van der Waals surface area (Å²) in [5, 5.41) is 17.7. The minimum Gasteiger partial charge on any atom is -0.370 e. The van der Waals surface area contributed by atoms with Crippen molar-refractivity contribution in [1.82, 2.24) is 14.8 Å². The van der Waals surface area contributed by atoms with Crippen LogP contribution in [-0.4, -0.2) is 31.4 Å². The predicted octanol–water partition coefficient (Wildman–Crippen LogP) is 1.21. The summed E-state index contributed by atoms with van der Waals surface area (Å²) in [6.45, 7) is 3.08. The zero-order valence-corrected chi connectivity index (χ0v) is 11.3. The monoisotopic (exact) mass is 272 g/mol. The molecule has 104 valence electrons. The Bertz CT molecular complexity index is 636. The van der Waals surface area contributed by atoms with Crippen LogP contribution in [0.2, 0.25) is 0 Å². The van der Waals surface area contributed by atoms with E-state index in [9.17, 15) is 9.90 Å². The molecule has 0 radical (unpaired) electrons. The molecule has 3 rings (SSSR count). The first-order valence-corrected chi connectivity index (χ1v) is 6.46. The zero-order chi connectivity index (χ0) is 14.3. The molecule has 20 heavy (non-hydrogen) atoms. The van der Waals surface area contributed by atoms with Crippen molar-refractivity contribution in [3.63, 3.8) is 0 Å². The van der Waals surface area contributed by atoms with Crippen molar-refractivity contribution < 1.29 is 9.90 Å². The van der Waals surface area contributed by atoms with E-state index in [0.717, 1.165) is 5.56 Å². The number of hydrogen-bond donors (Lipinski definition) is 2. The van der Waals surface area contributed by atoms with E-state index in [0.29, 0.717) is 5.95 Å². The highest BCUT2D eigenvalue weighted by Gasteiger charge is 2.48. The molecule has 6 heteroatoms. The van der Waals surface area contributed by atoms with Crippen LogP contribution in [0.5, 0.6) is 0 Å². The number of nitrogens with one attached hydrogen (secondary N) is 1. The smallest absolute Gasteiger partial charge is 0.223 e. The number of hydrogen-bond acceptors (Lipinski definition) is 5. The van der Waals surface area contributed by atoms with Crippen molar-refractivity contribution in [1.29, 1.82) is 0 Å². The third-order valence-electron chi connectivity index (χ3n) is 3.70. The summed E-state index contributed by atoms with van der Waals surface area (Å²) in [6, 6.07) is 9.19. The van der Waals surface area contributed by atoms with Crippen LogP contribution in [0.25, 0.3) is 0 Å². The molecule has 1 aliphatic rings. The van der Waals surface area contributed by atoms with Crippen LogP contribution in [0.1, 0.15) is 25.5 Å². The molecule has 3 atom stereocenters. The summed E-state index contributed by atoms with van der Waals surface area (Å²) in [4.78, 5) is 16.2. The Labute approximate surface area is 116 Å². The fraction of sp³-hybridized carbons (Fsp3) is 0.357. The number of rotatable bonds is 2. The Morgan fingerprint density at radius 2 is 2.10 bits per heavy atom. The molecule has 2 N–H and O–H groups in total. The van der Waals surface area contributed by atoms with Gasteiger partial charge in [-0.1, -0.05) is 30.3 Å². The molecule has 0 saturated heterocycles. The Kier molecular flexibility index (Phi) is 2.83. The lowest BCUT2D eigenvalue weighted by Gasteiger charge is -2.42. The molecule has 0 saturated carbocycles. The standard InChI is InChI=1S/C14H16N4O2/c1-9(19)11-12(10-6-4-3-5-7-10)18-13(15-8-16-18)17-14(11,2)20/h3-8,11-12,20H,1-2H3,(H,15,16,17)/t11-,12+,14-/m1/s1. The largest absolute Gasteiger partial charge is 0.370 e. The molecule has 1 aromatic heterocycles. The Balaban J connectivity index is 2.19. The van der Waals surface area contributed by atoms with Gasteiger partial charge in [0.2, 0.25) is 5.95 Å². The molecule has 0 amide bonds. The molecule has 2 aromatic rings. The van der Waals surface area contributed by atoms with Gasteiger partial charge in [0.1, 0.15) is 17.8 Å². The summed E-state index contributed by atoms with van der Waals surface area (Å²) in [5.41, 5.74) is -0.448. The number of aromatic nitrogens is 3. The van der Waals surface area contributed by atoms with Crippen LogP contribution in [-0.2, 0) is 4.79 Å². The molecule has 2 heterocycles. The van der Waals surface area contributed by atoms with Gasteiger partial charge in [0.05, 0.1) is 12.0 Å². The lowest BCUT2D eigenvalue weighted by atomic mass is 9.81. The number of aliphatic hydroxyl groups is 1. The molecule has 0 fully saturated rings. The van der Waals surface area contributed by atoms with Crippen LogP contribution in [0.15, 0.2) is 36.7 Å². The molecule has 1 aliphatic heterocycles. The highest BCUT2D eigenvalue weighted by Crippen LogP contribution is 2.40. The quantitative estimate of drug-likeness (QED) is 0.859. The first-order valence-electron chi connectivity index (χ1n) is 6.46. The van der Waals surface area contributed by atoms with Gasteiger partial charge in [-0.05, 0) is 19.4 Å². The van der Waals surface area contributed by atoms with Gasteiger partial charge in [0.25, 0.3) is 0 Å². The van der Waals surface area contributed by atoms with Crippen molar-refractivity contribution >= 4 is 11.7 Å². The van der Waals surface area contributed by atoms with E-state index < -0.39 is 11.6 Å². The van der Waals surface area contributed by atoms with Gasteiger partial charge in [-0.25, -0.2) is 4.68 Å². The maximum absolute atomic E-state index is 12.1. The van der Waals surface area contributed by atoms with Gasteiger partial charge in [0, 0.05) is 0 Å². The average Bonchev–Trinajstić information content (AvgIpc) is 2.83. The fourth-order valence-electron chi connectivity index (χ4n) is 2.90. The van der Waals surface area contributed by atoms with E-state index in [4.69, 9.17) is 0 Å². The first kappa shape index (κ1) is 12.8. The molecule has 0 unspecified atom stereocenters. The van der Waals surface area contributed by atoms with E-state index >= 15 is 0 Å². The van der Waals surface area contributed by atoms with Gasteiger partial charge < -0.3 is 10.4 Å². The number of anilines is 1. The Morgan fingerprint density at radius 3 is 2.75 bits per heavy atom. The lowest BCUT2D eigenvalue weighted by molar-refractivity contribution is -0.130. The second kappa shape index (κ2) is 4.42. The third kappa shape index (κ3) is 1.89. The number of nitrogens with zero attached hydrogens (tertiary/aromatic N) is 3. The highest BCUT2D eigenvalue weighted by atomic mass is 16.3. The van der Waals surface area contributed by atoms with Gasteiger partial charge in [-0.15, -0.1) is 0 Å². The van der Waals surface area contributed by atoms with Crippen molar-refractivity contribution in [3.8, 4) is 0 Å². The minimum absolute atomic E-state index is 0.0995. The average molecular weight is 272 g/mol. The third-order valence-corrected chi connectivity index (χ3v) is 3.70. The molecular weight excluding hydrogens is 256 g/mol. The van der Waals surface area contributed by atoms with Crippen molar-refractivity contribution in [2.45, 2.75) is 25.6 Å². The second-order valence-electron chi connectivity index (χ2n) is 5.24. The number of carbonyl (C=O) groups excluding carboxylic acids is 1. The van der Waals surface area contributed by atoms with Gasteiger partial charge in [0.15, 0.2) is 0 Å². The molecule has 0 bridgehead atoms. The van der Waals surface area contributed by atoms with Crippen LogP contribution in [0.4, 0.5) is 5.95 Å². The molecular formula is C14H16N4O2. The van der Waals surface area contributed by atoms with Crippen LogP contribution in [0.3, 0.4) is 0 Å². The summed E-state index contributed by atoms with van der Waals surface area (Å²) >= 11 is 0. The number of Topliss-reactive ketones (excluding diaryl/α,β-unsaturated/α-hetero) is 1. The topological polar surface area (TPSA) is 80.0 Å². The Hall–Kier alpha value is -2.21. The predicted molar refractivity (Wildman–Crippen MR) is 73.0 cm³/mol. The van der Waals surface area contributed by atoms with E-state index in [1.54, 1.807) is 11.6 Å². The van der Waals surface area contributed by atoms with Crippen LogP contribution < -0.4 is 5.32 Å². The van der Waals surface area contributed by atoms with Gasteiger partial charge in [-0.2, -0.15) is 10.1 Å². The Morgan fingerprint density at radius 1 is 1.40 bits per heavy atom. The second-order valence-corrected chi connectivity index (χ2v) is 5.24. The number of fused-ring (bicyclic) bond motifs is 1. The van der Waals surface area contributed by atoms with Crippen LogP contribution in [0, 0.1) is 5.92 Å². The molecule has 1 aromatic carbocycles. The summed E-state index contributed by atoms with van der Waals surface area (Å²) in [7, 11) is 0. The normalized spacial score (nSPS) is 28.6. The maximum atomic E-state index is 12.1. The fourth-order valence-corrected chi connectivity index (χ4v) is 2.90. The number of benzene rings is 1. The lowest BCUT2D eigenvalue weighted by Crippen LogP contribution is -2.54. The minimum atomic E-state index is -1.37. The molecule has 0 aliphatic carbocycles. The summed E-state index contributed by atoms with van der Waals surface area (Å²) in [6.07, 6.45) is 1.41. The first-order chi connectivity index (χ1) is 9.50. The SMILES string of the molecule is CC(=O)[C@@H]1[C@H](c2ccccc2)n2ncnc2N[C@]1(C)O. The van der Waals surface area contributed by atoms with Crippen molar-refractivity contribution in [2.24, 2.45) is 5.92 Å². The van der Waals surface area contributed by atoms with Crippen molar-refractivity contribution in [3.05, 3.63) is 42.2 Å².